The van der Waals surface area contributed by atoms with Crippen LogP contribution in [-0.4, -0.2) is 122 Å². The number of ether oxygens (including phenoxy) is 2. The standard InChI is InChI=1S/C26H36N4O6/c31-23-19-17-3-4-18(20(19)24(32)29(23)7-1-5-27-9-13-35-14-10-27)22-21(17)25(33)30(26(22)34)8-2-6-28-11-15-36-16-12-28/h3-4,17-22H,1-2,5-16H2. The molecule has 10 heteroatoms. The molecule has 36 heavy (non-hydrogen) atoms. The maximum absolute atomic E-state index is 13.4. The van der Waals surface area contributed by atoms with Crippen LogP contribution >= 0.6 is 0 Å². The third kappa shape index (κ3) is 4.02. The van der Waals surface area contributed by atoms with E-state index in [0.717, 1.165) is 78.5 Å². The molecule has 0 N–H and O–H groups in total. The van der Waals surface area contributed by atoms with Crippen LogP contribution < -0.4 is 0 Å². The summed E-state index contributed by atoms with van der Waals surface area (Å²) in [5.74, 6) is -3.41. The van der Waals surface area contributed by atoms with Crippen LogP contribution in [0.4, 0.5) is 0 Å². The Balaban J connectivity index is 1.10. The molecule has 7 rings (SSSR count). The topological polar surface area (TPSA) is 99.7 Å². The highest BCUT2D eigenvalue weighted by Crippen LogP contribution is 2.57. The molecule has 4 heterocycles. The molecule has 196 valence electrons. The molecule has 4 saturated heterocycles. The van der Waals surface area contributed by atoms with Gasteiger partial charge in [0.15, 0.2) is 0 Å². The fraction of sp³-hybridized carbons (Fsp3) is 0.769. The van der Waals surface area contributed by atoms with Crippen molar-refractivity contribution < 1.29 is 28.7 Å². The number of likely N-dealkylation sites (tertiary alicyclic amines) is 2. The zero-order valence-electron chi connectivity index (χ0n) is 20.8. The average Bonchev–Trinajstić information content (AvgIpc) is 3.33. The molecule has 4 amide bonds. The second-order valence-corrected chi connectivity index (χ2v) is 10.9. The van der Waals surface area contributed by atoms with E-state index in [0.29, 0.717) is 13.1 Å². The summed E-state index contributed by atoms with van der Waals surface area (Å²) in [5.41, 5.74) is 0. The normalized spacial score (nSPS) is 36.8. The van der Waals surface area contributed by atoms with Gasteiger partial charge in [-0.25, -0.2) is 0 Å². The van der Waals surface area contributed by atoms with Gasteiger partial charge in [0.2, 0.25) is 23.6 Å². The number of allylic oxidation sites excluding steroid dienone is 2. The Morgan fingerprint density at radius 1 is 0.556 bits per heavy atom. The van der Waals surface area contributed by atoms with Crippen molar-refractivity contribution in [1.29, 1.82) is 0 Å². The Bertz CT molecular complexity index is 825. The van der Waals surface area contributed by atoms with Gasteiger partial charge < -0.3 is 9.47 Å². The van der Waals surface area contributed by atoms with E-state index in [1.165, 1.54) is 9.80 Å². The van der Waals surface area contributed by atoms with Crippen molar-refractivity contribution in [2.24, 2.45) is 35.5 Å². The maximum atomic E-state index is 13.4. The first-order chi connectivity index (χ1) is 17.6. The predicted molar refractivity (Wildman–Crippen MR) is 127 cm³/mol. The van der Waals surface area contributed by atoms with Crippen molar-refractivity contribution in [3.63, 3.8) is 0 Å². The molecule has 4 unspecified atom stereocenters. The van der Waals surface area contributed by atoms with Crippen molar-refractivity contribution in [2.75, 3.05) is 78.8 Å². The van der Waals surface area contributed by atoms with Gasteiger partial charge in [-0.15, -0.1) is 0 Å². The second-order valence-electron chi connectivity index (χ2n) is 10.9. The summed E-state index contributed by atoms with van der Waals surface area (Å²) in [4.78, 5) is 61.2. The molecule has 2 bridgehead atoms. The molecule has 0 aromatic rings. The highest BCUT2D eigenvalue weighted by Gasteiger charge is 2.68. The molecule has 10 nitrogen and oxygen atoms in total. The SMILES string of the molecule is O=C1C2C3C=CC(C2C(=O)N1CCCN1CCOCC1)C1C(=O)N(CCCN2CCOCC2)C(=O)C31. The van der Waals surface area contributed by atoms with E-state index in [4.69, 9.17) is 9.47 Å². The van der Waals surface area contributed by atoms with E-state index < -0.39 is 23.7 Å². The van der Waals surface area contributed by atoms with Crippen LogP contribution in [0, 0.1) is 35.5 Å². The molecule has 0 aromatic carbocycles. The summed E-state index contributed by atoms with van der Waals surface area (Å²) in [6.07, 6.45) is 5.33. The molecule has 4 aliphatic heterocycles. The van der Waals surface area contributed by atoms with E-state index in [1.807, 2.05) is 12.2 Å². The van der Waals surface area contributed by atoms with E-state index in [1.54, 1.807) is 0 Å². The maximum Gasteiger partial charge on any atom is 0.233 e. The van der Waals surface area contributed by atoms with E-state index in [2.05, 4.69) is 9.80 Å². The molecule has 0 spiro atoms. The summed E-state index contributed by atoms with van der Waals surface area (Å²) < 4.78 is 10.8. The lowest BCUT2D eigenvalue weighted by Crippen LogP contribution is -2.50. The molecule has 4 atom stereocenters. The van der Waals surface area contributed by atoms with Crippen LogP contribution in [-0.2, 0) is 28.7 Å². The van der Waals surface area contributed by atoms with Crippen LogP contribution in [0.3, 0.4) is 0 Å². The largest absolute Gasteiger partial charge is 0.379 e. The molecule has 1 saturated carbocycles. The van der Waals surface area contributed by atoms with Crippen LogP contribution in [0.25, 0.3) is 0 Å². The van der Waals surface area contributed by atoms with Crippen molar-refractivity contribution >= 4 is 23.6 Å². The molecule has 7 aliphatic rings. The van der Waals surface area contributed by atoms with Crippen LogP contribution in [0.5, 0.6) is 0 Å². The van der Waals surface area contributed by atoms with Crippen LogP contribution in [0.15, 0.2) is 12.2 Å². The molecule has 0 radical (unpaired) electrons. The summed E-state index contributed by atoms with van der Waals surface area (Å²) in [5, 5.41) is 0. The van der Waals surface area contributed by atoms with Crippen molar-refractivity contribution in [1.82, 2.24) is 19.6 Å². The quantitative estimate of drug-likeness (QED) is 0.323. The Labute approximate surface area is 211 Å². The lowest BCUT2D eigenvalue weighted by atomic mass is 9.54. The van der Waals surface area contributed by atoms with Gasteiger partial charge in [0.1, 0.15) is 0 Å². The highest BCUT2D eigenvalue weighted by atomic mass is 16.5. The Morgan fingerprint density at radius 3 is 1.22 bits per heavy atom. The summed E-state index contributed by atoms with van der Waals surface area (Å²) >= 11 is 0. The lowest BCUT2D eigenvalue weighted by molar-refractivity contribution is -0.140. The number of morpholine rings is 2. The minimum Gasteiger partial charge on any atom is -0.379 e. The molecule has 5 fully saturated rings. The van der Waals surface area contributed by atoms with Gasteiger partial charge in [-0.1, -0.05) is 12.2 Å². The van der Waals surface area contributed by atoms with Gasteiger partial charge in [0.25, 0.3) is 0 Å². The van der Waals surface area contributed by atoms with E-state index >= 15 is 0 Å². The summed E-state index contributed by atoms with van der Waals surface area (Å²) in [7, 11) is 0. The van der Waals surface area contributed by atoms with Gasteiger partial charge in [-0.05, 0) is 12.8 Å². The third-order valence-corrected chi connectivity index (χ3v) is 9.11. The number of imide groups is 2. The summed E-state index contributed by atoms with van der Waals surface area (Å²) in [6.45, 7) is 8.80. The number of hydrogen-bond acceptors (Lipinski definition) is 8. The first-order valence-electron chi connectivity index (χ1n) is 13.6. The fourth-order valence-electron chi connectivity index (χ4n) is 7.34. The predicted octanol–water partition coefficient (Wildman–Crippen LogP) is -0.551. The number of hydrogen-bond donors (Lipinski definition) is 0. The number of carbonyl (C=O) groups excluding carboxylic acids is 4. The van der Waals surface area contributed by atoms with Crippen molar-refractivity contribution in [3.05, 3.63) is 12.2 Å². The van der Waals surface area contributed by atoms with Gasteiger partial charge >= 0.3 is 0 Å². The summed E-state index contributed by atoms with van der Waals surface area (Å²) in [6, 6.07) is 0. The van der Waals surface area contributed by atoms with Crippen molar-refractivity contribution in [3.8, 4) is 0 Å². The smallest absolute Gasteiger partial charge is 0.233 e. The van der Waals surface area contributed by atoms with Crippen molar-refractivity contribution in [2.45, 2.75) is 12.8 Å². The highest BCUT2D eigenvalue weighted by molar-refractivity contribution is 6.10. The fourth-order valence-corrected chi connectivity index (χ4v) is 7.34. The van der Waals surface area contributed by atoms with Gasteiger partial charge in [0.05, 0.1) is 50.1 Å². The zero-order chi connectivity index (χ0) is 24.8. The molecule has 3 aliphatic carbocycles. The Morgan fingerprint density at radius 2 is 0.889 bits per heavy atom. The number of nitrogens with zero attached hydrogens (tertiary/aromatic N) is 4. The van der Waals surface area contributed by atoms with Crippen LogP contribution in [0.1, 0.15) is 12.8 Å². The molecular weight excluding hydrogens is 464 g/mol. The minimum absolute atomic E-state index is 0.157. The van der Waals surface area contributed by atoms with Gasteiger partial charge in [-0.3, -0.25) is 38.8 Å². The Kier molecular flexibility index (Phi) is 6.70. The minimum atomic E-state index is -0.512. The van der Waals surface area contributed by atoms with E-state index in [-0.39, 0.29) is 35.5 Å². The third-order valence-electron chi connectivity index (χ3n) is 9.11. The first-order valence-corrected chi connectivity index (χ1v) is 13.6. The van der Waals surface area contributed by atoms with Gasteiger partial charge in [-0.2, -0.15) is 0 Å². The number of amides is 4. The molecule has 0 aromatic heterocycles. The Hall–Kier alpha value is -2.14. The monoisotopic (exact) mass is 500 g/mol. The zero-order valence-corrected chi connectivity index (χ0v) is 20.8. The lowest BCUT2D eigenvalue weighted by Gasteiger charge is -2.44. The first kappa shape index (κ1) is 24.2. The number of rotatable bonds is 8. The average molecular weight is 501 g/mol. The van der Waals surface area contributed by atoms with Crippen LogP contribution in [0.2, 0.25) is 0 Å². The second kappa shape index (κ2) is 9.96. The van der Waals surface area contributed by atoms with E-state index in [9.17, 15) is 19.2 Å². The van der Waals surface area contributed by atoms with Gasteiger partial charge in [0, 0.05) is 64.2 Å². The number of carbonyl (C=O) groups is 4. The molecular formula is C26H36N4O6.